The van der Waals surface area contributed by atoms with Crippen molar-refractivity contribution in [2.45, 2.75) is 83.9 Å². The first kappa shape index (κ1) is 23.1. The Bertz CT molecular complexity index is 407. The molecule has 1 aliphatic rings. The Morgan fingerprint density at radius 2 is 1.92 bits per heavy atom. The van der Waals surface area contributed by atoms with Gasteiger partial charge in [0.2, 0.25) is 0 Å². The van der Waals surface area contributed by atoms with Crippen molar-refractivity contribution in [3.63, 3.8) is 0 Å². The molecule has 0 aromatic heterocycles. The number of hydrogen-bond acceptors (Lipinski definition) is 4. The van der Waals surface area contributed by atoms with E-state index < -0.39 is 0 Å². The highest BCUT2D eigenvalue weighted by Crippen LogP contribution is 2.31. The molecule has 4 atom stereocenters. The van der Waals surface area contributed by atoms with Crippen molar-refractivity contribution in [2.75, 3.05) is 13.2 Å². The summed E-state index contributed by atoms with van der Waals surface area (Å²) >= 11 is 2.24. The third kappa shape index (κ3) is 9.00. The van der Waals surface area contributed by atoms with Crippen molar-refractivity contribution in [3.05, 3.63) is 22.3 Å². The van der Waals surface area contributed by atoms with Crippen LogP contribution in [0.3, 0.4) is 0 Å². The van der Waals surface area contributed by atoms with Gasteiger partial charge >= 0.3 is 0 Å². The molecular formula is C20H35IO4. The number of aliphatic hydroxyl groups excluding tert-OH is 1. The van der Waals surface area contributed by atoms with Crippen LogP contribution in [0.1, 0.15) is 59.3 Å². The maximum Gasteiger partial charge on any atom is 0.157 e. The third-order valence-corrected chi connectivity index (χ3v) is 5.72. The molecule has 1 fully saturated rings. The highest BCUT2D eigenvalue weighted by atomic mass is 127. The van der Waals surface area contributed by atoms with Crippen LogP contribution in [0.5, 0.6) is 0 Å². The minimum atomic E-state index is -0.308. The molecule has 4 nitrogen and oxygen atoms in total. The van der Waals surface area contributed by atoms with E-state index in [2.05, 4.69) is 42.7 Å². The molecule has 0 unspecified atom stereocenters. The van der Waals surface area contributed by atoms with E-state index in [1.807, 2.05) is 13.8 Å². The number of halogens is 1. The number of allylic oxidation sites excluding steroid dienone is 1. The Hall–Kier alpha value is 0.0500. The quantitative estimate of drug-likeness (QED) is 0.236. The average Bonchev–Trinajstić information content (AvgIpc) is 2.91. The van der Waals surface area contributed by atoms with Gasteiger partial charge in [0.05, 0.1) is 18.3 Å². The summed E-state index contributed by atoms with van der Waals surface area (Å²) in [6.07, 6.45) is 4.78. The van der Waals surface area contributed by atoms with Gasteiger partial charge in [-0.1, -0.05) is 20.1 Å². The zero-order valence-corrected chi connectivity index (χ0v) is 18.2. The molecule has 0 aromatic carbocycles. The minimum absolute atomic E-state index is 0.0652. The van der Waals surface area contributed by atoms with Gasteiger partial charge in [-0.25, -0.2) is 0 Å². The molecule has 146 valence electrons. The predicted molar refractivity (Wildman–Crippen MR) is 111 cm³/mol. The zero-order valence-electron chi connectivity index (χ0n) is 16.0. The monoisotopic (exact) mass is 466 g/mol. The first-order valence-corrected chi connectivity index (χ1v) is 10.5. The van der Waals surface area contributed by atoms with Crippen molar-refractivity contribution in [1.82, 2.24) is 0 Å². The molecule has 1 heterocycles. The van der Waals surface area contributed by atoms with Gasteiger partial charge in [-0.2, -0.15) is 0 Å². The Morgan fingerprint density at radius 3 is 2.48 bits per heavy atom. The van der Waals surface area contributed by atoms with Gasteiger partial charge in [-0.3, -0.25) is 0 Å². The predicted octanol–water partition coefficient (Wildman–Crippen LogP) is 5.00. The third-order valence-electron chi connectivity index (χ3n) is 4.65. The van der Waals surface area contributed by atoms with Crippen LogP contribution in [0.4, 0.5) is 0 Å². The largest absolute Gasteiger partial charge is 0.393 e. The van der Waals surface area contributed by atoms with E-state index >= 15 is 0 Å². The lowest BCUT2D eigenvalue weighted by Crippen LogP contribution is -2.21. The average molecular weight is 466 g/mol. The van der Waals surface area contributed by atoms with Gasteiger partial charge in [-0.15, -0.1) is 0 Å². The highest BCUT2D eigenvalue weighted by Gasteiger charge is 2.29. The first-order valence-electron chi connectivity index (χ1n) is 9.45. The van der Waals surface area contributed by atoms with E-state index in [0.29, 0.717) is 19.1 Å². The summed E-state index contributed by atoms with van der Waals surface area (Å²) in [5, 5.41) is 10.2. The fourth-order valence-corrected chi connectivity index (χ4v) is 3.40. The van der Waals surface area contributed by atoms with E-state index in [0.717, 1.165) is 47.7 Å². The molecule has 1 aliphatic heterocycles. The minimum Gasteiger partial charge on any atom is -0.393 e. The van der Waals surface area contributed by atoms with Crippen molar-refractivity contribution >= 4 is 22.6 Å². The summed E-state index contributed by atoms with van der Waals surface area (Å²) in [5.74, 6) is 0.338. The Morgan fingerprint density at radius 1 is 1.28 bits per heavy atom. The Balaban J connectivity index is 2.32. The Kier molecular flexibility index (Phi) is 11.5. The van der Waals surface area contributed by atoms with Gasteiger partial charge in [0.15, 0.2) is 6.29 Å². The molecule has 25 heavy (non-hydrogen) atoms. The van der Waals surface area contributed by atoms with Crippen molar-refractivity contribution < 1.29 is 19.3 Å². The second kappa shape index (κ2) is 12.4. The molecule has 5 heteroatoms. The molecule has 0 saturated carbocycles. The van der Waals surface area contributed by atoms with Crippen molar-refractivity contribution in [2.24, 2.45) is 5.92 Å². The maximum absolute atomic E-state index is 10.2. The first-order chi connectivity index (χ1) is 11.9. The van der Waals surface area contributed by atoms with Crippen molar-refractivity contribution in [3.8, 4) is 0 Å². The number of aliphatic hydroxyl groups is 1. The lowest BCUT2D eigenvalue weighted by atomic mass is 9.97. The van der Waals surface area contributed by atoms with Crippen LogP contribution in [0.15, 0.2) is 22.3 Å². The SMILES string of the molecule is C=C(I)[C@H](C)C[C@H](O)CC[C@@H]1O[C@@H](CCC(OCC)OCC)CC1=C. The smallest absolute Gasteiger partial charge is 0.157 e. The van der Waals surface area contributed by atoms with Gasteiger partial charge in [0, 0.05) is 19.6 Å². The molecule has 0 aliphatic carbocycles. The summed E-state index contributed by atoms with van der Waals surface area (Å²) < 4.78 is 18.4. The topological polar surface area (TPSA) is 47.9 Å². The zero-order chi connectivity index (χ0) is 18.8. The van der Waals surface area contributed by atoms with Gasteiger partial charge in [0.1, 0.15) is 0 Å². The maximum atomic E-state index is 10.2. The van der Waals surface area contributed by atoms with Crippen LogP contribution in [-0.2, 0) is 14.2 Å². The molecule has 1 rings (SSSR count). The van der Waals surface area contributed by atoms with Crippen molar-refractivity contribution in [1.29, 1.82) is 0 Å². The van der Waals surface area contributed by atoms with E-state index in [9.17, 15) is 5.11 Å². The molecule has 0 aromatic rings. The fraction of sp³-hybridized carbons (Fsp3) is 0.800. The fourth-order valence-electron chi connectivity index (χ4n) is 3.15. The summed E-state index contributed by atoms with van der Waals surface area (Å²) in [4.78, 5) is 0. The van der Waals surface area contributed by atoms with E-state index in [-0.39, 0.29) is 24.6 Å². The summed E-state index contributed by atoms with van der Waals surface area (Å²) in [6.45, 7) is 15.5. The van der Waals surface area contributed by atoms with Gasteiger partial charge in [0.25, 0.3) is 0 Å². The summed E-state index contributed by atoms with van der Waals surface area (Å²) in [5.41, 5.74) is 1.15. The van der Waals surface area contributed by atoms with Gasteiger partial charge in [-0.05, 0) is 83.6 Å². The lowest BCUT2D eigenvalue weighted by molar-refractivity contribution is -0.144. The Labute approximate surface area is 167 Å². The van der Waals surface area contributed by atoms with Crippen LogP contribution in [0.2, 0.25) is 0 Å². The normalized spacial score (nSPS) is 23.2. The molecule has 0 bridgehead atoms. The molecule has 0 radical (unpaired) electrons. The molecule has 0 spiro atoms. The van der Waals surface area contributed by atoms with Crippen LogP contribution in [0, 0.1) is 5.92 Å². The van der Waals surface area contributed by atoms with Crippen LogP contribution < -0.4 is 0 Å². The number of rotatable bonds is 13. The summed E-state index contributed by atoms with van der Waals surface area (Å²) in [6, 6.07) is 0. The van der Waals surface area contributed by atoms with Crippen LogP contribution in [-0.4, -0.2) is 42.9 Å². The van der Waals surface area contributed by atoms with E-state index in [4.69, 9.17) is 14.2 Å². The summed E-state index contributed by atoms with van der Waals surface area (Å²) in [7, 11) is 0. The highest BCUT2D eigenvalue weighted by molar-refractivity contribution is 14.1. The van der Waals surface area contributed by atoms with E-state index in [1.165, 1.54) is 0 Å². The van der Waals surface area contributed by atoms with Crippen LogP contribution >= 0.6 is 22.6 Å². The number of hydrogen-bond donors (Lipinski definition) is 1. The second-order valence-electron chi connectivity index (χ2n) is 6.84. The second-order valence-corrected chi connectivity index (χ2v) is 8.23. The standard InChI is InChI=1S/C20H35IO4/c1-6-23-20(24-7-2)11-9-18-13-15(4)19(25-18)10-8-17(22)12-14(3)16(5)21/h14,17-20,22H,4-13H2,1-3H3/t14-,17-,18+,19+/m1/s1. The van der Waals surface area contributed by atoms with Crippen LogP contribution in [0.25, 0.3) is 0 Å². The molecule has 1 N–H and O–H groups in total. The molecular weight excluding hydrogens is 431 g/mol. The molecule has 1 saturated heterocycles. The molecule has 0 amide bonds. The lowest BCUT2D eigenvalue weighted by Gasteiger charge is -2.20. The van der Waals surface area contributed by atoms with Gasteiger partial charge < -0.3 is 19.3 Å². The number of ether oxygens (including phenoxy) is 3. The van der Waals surface area contributed by atoms with E-state index in [1.54, 1.807) is 0 Å².